The molecule has 1 aliphatic rings. The second kappa shape index (κ2) is 15.4. The zero-order valence-electron chi connectivity index (χ0n) is 41.6. The van der Waals surface area contributed by atoms with Crippen LogP contribution < -0.4 is 14.5 Å². The van der Waals surface area contributed by atoms with Crippen molar-refractivity contribution in [1.29, 1.82) is 0 Å². The van der Waals surface area contributed by atoms with Crippen LogP contribution in [0, 0.1) is 25.7 Å². The third-order valence-electron chi connectivity index (χ3n) is 10.4. The first kappa shape index (κ1) is 28.9. The number of hydrogen-bond acceptors (Lipinski definition) is 4. The second-order valence-corrected chi connectivity index (χ2v) is 15.2. The summed E-state index contributed by atoms with van der Waals surface area (Å²) in [5.41, 5.74) is 6.76. The third-order valence-corrected chi connectivity index (χ3v) is 10.4. The van der Waals surface area contributed by atoms with Gasteiger partial charge in [-0.1, -0.05) is 142 Å². The van der Waals surface area contributed by atoms with E-state index in [0.29, 0.717) is 34.1 Å². The van der Waals surface area contributed by atoms with Gasteiger partial charge in [0, 0.05) is 72.5 Å². The number of ether oxygens (including phenoxy) is 1. The van der Waals surface area contributed by atoms with Gasteiger partial charge in [-0.3, -0.25) is 0 Å². The SMILES string of the molecule is [2H]c1cc(-c2cccc(-c3c([2H])c([2H])c([2H])c([2H])c3[2H])c2N2[CH-]N(c3[c-]c(Oc4[c-]c5c(cc4)c4ccccc4n5-c4cc(C(C)(C)C)ccn4)cc(C)c3)c3ccccc32)c([2H])c([2H])c1[2H].[Pt]. The van der Waals surface area contributed by atoms with Crippen LogP contribution in [0.2, 0.25) is 0 Å². The molecule has 0 radical (unpaired) electrons. The predicted octanol–water partition coefficient (Wildman–Crippen LogP) is 13.9. The molecule has 1 aliphatic heterocycles. The Morgan fingerprint density at radius 3 is 2.17 bits per heavy atom. The molecule has 292 valence electrons. The number of aromatic nitrogens is 2. The molecule has 10 rings (SSSR count). The van der Waals surface area contributed by atoms with Crippen LogP contribution in [0.25, 0.3) is 49.9 Å². The fraction of sp³-hybridized carbons (Fsp3) is 0.0943. The fourth-order valence-corrected chi connectivity index (χ4v) is 7.66. The van der Waals surface area contributed by atoms with Gasteiger partial charge in [0.25, 0.3) is 0 Å². The summed E-state index contributed by atoms with van der Waals surface area (Å²) in [7, 11) is 0. The van der Waals surface area contributed by atoms with Crippen molar-refractivity contribution in [2.75, 3.05) is 9.80 Å². The Kier molecular flexibility index (Phi) is 7.54. The number of anilines is 4. The van der Waals surface area contributed by atoms with Crippen molar-refractivity contribution in [2.45, 2.75) is 33.1 Å². The molecule has 3 heterocycles. The third kappa shape index (κ3) is 7.00. The first-order valence-corrected chi connectivity index (χ1v) is 19.0. The summed E-state index contributed by atoms with van der Waals surface area (Å²) in [6.07, 6.45) is 1.84. The quantitative estimate of drug-likeness (QED) is 0.149. The topological polar surface area (TPSA) is 33.5 Å². The summed E-state index contributed by atoms with van der Waals surface area (Å²) in [5.74, 6) is 1.66. The van der Waals surface area contributed by atoms with Crippen molar-refractivity contribution in [2.24, 2.45) is 0 Å². The van der Waals surface area contributed by atoms with Gasteiger partial charge in [-0.15, -0.1) is 48.1 Å². The van der Waals surface area contributed by atoms with E-state index in [1.54, 1.807) is 24.9 Å². The average molecular weight is 954 g/mol. The van der Waals surface area contributed by atoms with E-state index in [1.807, 2.05) is 89.7 Å². The van der Waals surface area contributed by atoms with Crippen LogP contribution in [-0.2, 0) is 26.5 Å². The van der Waals surface area contributed by atoms with Crippen LogP contribution in [-0.4, -0.2) is 9.55 Å². The smallest absolute Gasteiger partial charge is 0.135 e. The van der Waals surface area contributed by atoms with E-state index in [2.05, 4.69) is 55.7 Å². The van der Waals surface area contributed by atoms with Crippen LogP contribution in [0.4, 0.5) is 22.7 Å². The maximum Gasteiger partial charge on any atom is 0.135 e. The number of fused-ring (bicyclic) bond motifs is 4. The molecule has 0 N–H and O–H groups in total. The Morgan fingerprint density at radius 1 is 0.661 bits per heavy atom. The number of hydrogen-bond donors (Lipinski definition) is 0. The van der Waals surface area contributed by atoms with Crippen LogP contribution in [0.5, 0.6) is 11.5 Å². The second-order valence-electron chi connectivity index (χ2n) is 15.2. The molecular formula is C53H41N4OPt-3. The van der Waals surface area contributed by atoms with Crippen molar-refractivity contribution < 1.29 is 38.1 Å². The van der Waals surface area contributed by atoms with E-state index >= 15 is 0 Å². The average Bonchev–Trinajstić information content (AvgIpc) is 3.86. The molecule has 2 aromatic heterocycles. The molecule has 0 amide bonds. The summed E-state index contributed by atoms with van der Waals surface area (Å²) in [4.78, 5) is 8.54. The van der Waals surface area contributed by atoms with E-state index < -0.39 is 42.3 Å². The van der Waals surface area contributed by atoms with E-state index in [0.717, 1.165) is 44.4 Å². The van der Waals surface area contributed by atoms with Gasteiger partial charge in [0.05, 0.1) is 12.3 Å². The molecule has 5 nitrogen and oxygen atoms in total. The number of aryl methyl sites for hydroxylation is 1. The fourth-order valence-electron chi connectivity index (χ4n) is 7.66. The standard InChI is InChI=1S/C53H41N4O.Pt/c1-36-30-40(33-42(31-36)58-41-26-27-46-45-20-11-12-23-47(45)57(50(46)34-41)51-32-39(28-29-54-51)53(2,3)4)55-35-56(49-25-14-13-24-48(49)55)52-43(37-16-7-5-8-17-37)21-15-22-44(52)38-18-9-6-10-19-38;/h5-32,35H,1-4H3;/q-3;/i5D,6D,7D,8D,9D,10D,16D,17D,18D;. The van der Waals surface area contributed by atoms with Gasteiger partial charge >= 0.3 is 0 Å². The van der Waals surface area contributed by atoms with Gasteiger partial charge in [0.1, 0.15) is 5.82 Å². The normalized spacial score (nSPS) is 14.6. The number of para-hydroxylation sites is 4. The number of benzene rings is 7. The zero-order valence-corrected chi connectivity index (χ0v) is 34.8. The summed E-state index contributed by atoms with van der Waals surface area (Å²) < 4.78 is 86.6. The number of nitrogens with zero attached hydrogens (tertiary/aromatic N) is 4. The maximum absolute atomic E-state index is 9.01. The Balaban J connectivity index is 0.00000578. The van der Waals surface area contributed by atoms with Crippen LogP contribution >= 0.6 is 0 Å². The summed E-state index contributed by atoms with van der Waals surface area (Å²) in [6, 6.07) is 37.3. The van der Waals surface area contributed by atoms with Crippen molar-refractivity contribution in [3.05, 3.63) is 200 Å². The van der Waals surface area contributed by atoms with E-state index in [1.165, 1.54) is 6.07 Å². The minimum Gasteiger partial charge on any atom is -0.509 e. The first-order valence-electron chi connectivity index (χ1n) is 23.5. The van der Waals surface area contributed by atoms with Gasteiger partial charge in [0.2, 0.25) is 0 Å². The van der Waals surface area contributed by atoms with Crippen LogP contribution in [0.3, 0.4) is 0 Å². The van der Waals surface area contributed by atoms with Crippen LogP contribution in [0.1, 0.15) is 44.2 Å². The van der Waals surface area contributed by atoms with E-state index in [-0.39, 0.29) is 55.3 Å². The van der Waals surface area contributed by atoms with Crippen LogP contribution in [0.15, 0.2) is 170 Å². The first-order chi connectivity index (χ1) is 32.0. The molecule has 0 unspecified atom stereocenters. The molecule has 0 fully saturated rings. The van der Waals surface area contributed by atoms with Gasteiger partial charge in [-0.25, -0.2) is 4.98 Å². The zero-order chi connectivity index (χ0) is 47.2. The molecular weight excluding hydrogens is 904 g/mol. The molecule has 0 bridgehead atoms. The van der Waals surface area contributed by atoms with E-state index in [9.17, 15) is 0 Å². The Hall–Kier alpha value is -6.42. The van der Waals surface area contributed by atoms with Crippen molar-refractivity contribution in [3.8, 4) is 39.6 Å². The van der Waals surface area contributed by atoms with Gasteiger partial charge in [-0.2, -0.15) is 11.6 Å². The van der Waals surface area contributed by atoms with Crippen molar-refractivity contribution in [3.63, 3.8) is 0 Å². The maximum atomic E-state index is 9.01. The van der Waals surface area contributed by atoms with E-state index in [4.69, 9.17) is 22.1 Å². The molecule has 59 heavy (non-hydrogen) atoms. The molecule has 0 aliphatic carbocycles. The summed E-state index contributed by atoms with van der Waals surface area (Å²) >= 11 is 0. The Bertz CT molecular complexity index is 3490. The van der Waals surface area contributed by atoms with Gasteiger partial charge in [0.15, 0.2) is 0 Å². The molecule has 0 saturated heterocycles. The van der Waals surface area contributed by atoms with Crippen molar-refractivity contribution in [1.82, 2.24) is 9.55 Å². The molecule has 0 atom stereocenters. The Morgan fingerprint density at radius 2 is 1.37 bits per heavy atom. The minimum atomic E-state index is -0.534. The summed E-state index contributed by atoms with van der Waals surface area (Å²) in [5, 5.41) is 2.06. The molecule has 9 aromatic rings. The molecule has 0 saturated carbocycles. The van der Waals surface area contributed by atoms with Gasteiger partial charge in [-0.05, 0) is 57.8 Å². The molecule has 7 aromatic carbocycles. The number of pyridine rings is 1. The predicted molar refractivity (Wildman–Crippen MR) is 239 cm³/mol. The minimum absolute atomic E-state index is 0. The summed E-state index contributed by atoms with van der Waals surface area (Å²) in [6.45, 7) is 10.3. The van der Waals surface area contributed by atoms with Gasteiger partial charge < -0.3 is 19.1 Å². The number of rotatable bonds is 7. The molecule has 6 heteroatoms. The molecule has 0 spiro atoms. The largest absolute Gasteiger partial charge is 0.509 e. The monoisotopic (exact) mass is 953 g/mol. The van der Waals surface area contributed by atoms with Crippen molar-refractivity contribution >= 4 is 44.6 Å². The Labute approximate surface area is 373 Å².